The molecule has 0 spiro atoms. The van der Waals surface area contributed by atoms with E-state index in [2.05, 4.69) is 6.07 Å². The number of aromatic nitrogens is 1. The molecule has 4 heteroatoms. The van der Waals surface area contributed by atoms with Crippen molar-refractivity contribution < 1.29 is 4.79 Å². The SMILES string of the molecule is Cc1cc(C)n(C2CCCCC2)c(=O)c1CCC(=O)Cl. The van der Waals surface area contributed by atoms with Crippen molar-refractivity contribution in [2.45, 2.75) is 64.8 Å². The summed E-state index contributed by atoms with van der Waals surface area (Å²) in [6.45, 7) is 3.94. The van der Waals surface area contributed by atoms with Crippen molar-refractivity contribution >= 4 is 16.8 Å². The van der Waals surface area contributed by atoms with E-state index >= 15 is 0 Å². The second kappa shape index (κ2) is 6.57. The molecule has 0 aromatic carbocycles. The largest absolute Gasteiger partial charge is 0.310 e. The van der Waals surface area contributed by atoms with Crippen LogP contribution >= 0.6 is 11.6 Å². The predicted molar refractivity (Wildman–Crippen MR) is 81.5 cm³/mol. The van der Waals surface area contributed by atoms with Gasteiger partial charge in [-0.3, -0.25) is 9.59 Å². The molecule has 0 amide bonds. The maximum absolute atomic E-state index is 12.7. The van der Waals surface area contributed by atoms with Crippen LogP contribution in [0.3, 0.4) is 0 Å². The van der Waals surface area contributed by atoms with Gasteiger partial charge in [-0.25, -0.2) is 0 Å². The number of hydrogen-bond acceptors (Lipinski definition) is 2. The topological polar surface area (TPSA) is 39.1 Å². The van der Waals surface area contributed by atoms with E-state index in [4.69, 9.17) is 11.6 Å². The van der Waals surface area contributed by atoms with E-state index in [9.17, 15) is 9.59 Å². The van der Waals surface area contributed by atoms with Gasteiger partial charge in [0.15, 0.2) is 0 Å². The van der Waals surface area contributed by atoms with Gasteiger partial charge in [0.2, 0.25) is 5.24 Å². The summed E-state index contributed by atoms with van der Waals surface area (Å²) < 4.78 is 1.94. The van der Waals surface area contributed by atoms with Crippen molar-refractivity contribution in [2.24, 2.45) is 0 Å². The van der Waals surface area contributed by atoms with E-state index in [-0.39, 0.29) is 17.2 Å². The number of hydrogen-bond donors (Lipinski definition) is 0. The van der Waals surface area contributed by atoms with Crippen LogP contribution in [0.1, 0.15) is 61.4 Å². The van der Waals surface area contributed by atoms with E-state index in [0.717, 1.165) is 29.7 Å². The van der Waals surface area contributed by atoms with Gasteiger partial charge in [0.05, 0.1) is 0 Å². The molecule has 0 aliphatic heterocycles. The number of nitrogens with zero attached hydrogens (tertiary/aromatic N) is 1. The average molecular weight is 296 g/mol. The number of halogens is 1. The Bertz CT molecular complexity index is 556. The van der Waals surface area contributed by atoms with Gasteiger partial charge in [0.25, 0.3) is 5.56 Å². The second-order valence-electron chi connectivity index (χ2n) is 5.77. The number of aryl methyl sites for hydroxylation is 2. The fourth-order valence-corrected chi connectivity index (χ4v) is 3.36. The molecule has 1 aliphatic carbocycles. The monoisotopic (exact) mass is 295 g/mol. The van der Waals surface area contributed by atoms with Gasteiger partial charge in [0, 0.05) is 23.7 Å². The van der Waals surface area contributed by atoms with Gasteiger partial charge >= 0.3 is 0 Å². The molecule has 1 fully saturated rings. The summed E-state index contributed by atoms with van der Waals surface area (Å²) in [7, 11) is 0. The van der Waals surface area contributed by atoms with Gasteiger partial charge in [0.1, 0.15) is 0 Å². The normalized spacial score (nSPS) is 16.4. The molecule has 1 saturated carbocycles. The molecule has 0 N–H and O–H groups in total. The molecule has 1 aliphatic rings. The molecular formula is C16H22ClNO2. The van der Waals surface area contributed by atoms with Crippen molar-refractivity contribution in [1.29, 1.82) is 0 Å². The number of rotatable bonds is 4. The van der Waals surface area contributed by atoms with Crippen LogP contribution in [-0.2, 0) is 11.2 Å². The zero-order valence-electron chi connectivity index (χ0n) is 12.2. The average Bonchev–Trinajstić information content (AvgIpc) is 2.38. The molecule has 0 bridgehead atoms. The van der Waals surface area contributed by atoms with Crippen LogP contribution in [-0.4, -0.2) is 9.81 Å². The minimum absolute atomic E-state index is 0.0762. The fourth-order valence-electron chi connectivity index (χ4n) is 3.26. The Morgan fingerprint density at radius 1 is 1.30 bits per heavy atom. The van der Waals surface area contributed by atoms with Gasteiger partial charge in [-0.1, -0.05) is 19.3 Å². The van der Waals surface area contributed by atoms with Crippen LogP contribution in [0.25, 0.3) is 0 Å². The Morgan fingerprint density at radius 3 is 2.55 bits per heavy atom. The molecule has 2 rings (SSSR count). The third kappa shape index (κ3) is 3.32. The highest BCUT2D eigenvalue weighted by molar-refractivity contribution is 6.63. The third-order valence-electron chi connectivity index (χ3n) is 4.27. The quantitative estimate of drug-likeness (QED) is 0.795. The summed E-state index contributed by atoms with van der Waals surface area (Å²) in [6, 6.07) is 2.38. The molecule has 1 aromatic heterocycles. The lowest BCUT2D eigenvalue weighted by Gasteiger charge is -2.27. The Morgan fingerprint density at radius 2 is 1.95 bits per heavy atom. The van der Waals surface area contributed by atoms with Crippen molar-refractivity contribution in [2.75, 3.05) is 0 Å². The highest BCUT2D eigenvalue weighted by Gasteiger charge is 2.20. The van der Waals surface area contributed by atoms with Crippen molar-refractivity contribution in [3.05, 3.63) is 33.2 Å². The Hall–Kier alpha value is -1.09. The number of pyridine rings is 1. The smallest absolute Gasteiger partial charge is 0.254 e. The molecule has 0 radical (unpaired) electrons. The molecule has 3 nitrogen and oxygen atoms in total. The minimum atomic E-state index is -0.381. The van der Waals surface area contributed by atoms with Crippen LogP contribution in [0, 0.1) is 13.8 Å². The van der Waals surface area contributed by atoms with Crippen LogP contribution in [0.5, 0.6) is 0 Å². The molecular weight excluding hydrogens is 274 g/mol. The van der Waals surface area contributed by atoms with Crippen LogP contribution in [0.2, 0.25) is 0 Å². The van der Waals surface area contributed by atoms with E-state index in [1.807, 2.05) is 18.4 Å². The van der Waals surface area contributed by atoms with E-state index in [1.165, 1.54) is 19.3 Å². The lowest BCUT2D eigenvalue weighted by atomic mass is 9.94. The standard InChI is InChI=1S/C16H22ClNO2/c1-11-10-12(2)18(13-6-4-3-5-7-13)16(20)14(11)8-9-15(17)19/h10,13H,3-9H2,1-2H3. The maximum atomic E-state index is 12.7. The van der Waals surface area contributed by atoms with Crippen molar-refractivity contribution in [3.63, 3.8) is 0 Å². The summed E-state index contributed by atoms with van der Waals surface area (Å²) in [5, 5.41) is -0.381. The van der Waals surface area contributed by atoms with E-state index in [1.54, 1.807) is 0 Å². The molecule has 0 atom stereocenters. The van der Waals surface area contributed by atoms with Crippen LogP contribution < -0.4 is 5.56 Å². The van der Waals surface area contributed by atoms with E-state index in [0.29, 0.717) is 12.5 Å². The Labute approximate surface area is 124 Å². The van der Waals surface area contributed by atoms with Gasteiger partial charge < -0.3 is 4.57 Å². The summed E-state index contributed by atoms with van der Waals surface area (Å²) in [6.07, 6.45) is 6.49. The van der Waals surface area contributed by atoms with Crippen LogP contribution in [0.15, 0.2) is 10.9 Å². The minimum Gasteiger partial charge on any atom is -0.310 e. The molecule has 1 heterocycles. The first kappa shape index (κ1) is 15.3. The molecule has 110 valence electrons. The maximum Gasteiger partial charge on any atom is 0.254 e. The van der Waals surface area contributed by atoms with Crippen molar-refractivity contribution in [3.8, 4) is 0 Å². The lowest BCUT2D eigenvalue weighted by molar-refractivity contribution is -0.111. The lowest BCUT2D eigenvalue weighted by Crippen LogP contribution is -2.31. The Kier molecular flexibility index (Phi) is 5.03. The third-order valence-corrected chi connectivity index (χ3v) is 4.46. The zero-order chi connectivity index (χ0) is 14.7. The molecule has 1 aromatic rings. The first-order chi connectivity index (χ1) is 9.50. The summed E-state index contributed by atoms with van der Waals surface area (Å²) >= 11 is 5.40. The highest BCUT2D eigenvalue weighted by atomic mass is 35.5. The molecule has 0 unspecified atom stereocenters. The van der Waals surface area contributed by atoms with Gasteiger partial charge in [-0.2, -0.15) is 0 Å². The van der Waals surface area contributed by atoms with Crippen molar-refractivity contribution in [1.82, 2.24) is 4.57 Å². The summed E-state index contributed by atoms with van der Waals surface area (Å²) in [4.78, 5) is 23.7. The van der Waals surface area contributed by atoms with Gasteiger partial charge in [-0.05, 0) is 56.3 Å². The predicted octanol–water partition coefficient (Wildman–Crippen LogP) is 3.67. The fraction of sp³-hybridized carbons (Fsp3) is 0.625. The van der Waals surface area contributed by atoms with E-state index < -0.39 is 0 Å². The highest BCUT2D eigenvalue weighted by Crippen LogP contribution is 2.28. The number of carbonyl (C=O) groups excluding carboxylic acids is 1. The summed E-state index contributed by atoms with van der Waals surface area (Å²) in [5.41, 5.74) is 2.82. The first-order valence-corrected chi connectivity index (χ1v) is 7.78. The van der Waals surface area contributed by atoms with Gasteiger partial charge in [-0.15, -0.1) is 0 Å². The number of carbonyl (C=O) groups is 1. The zero-order valence-corrected chi connectivity index (χ0v) is 13.0. The second-order valence-corrected chi connectivity index (χ2v) is 6.19. The Balaban J connectivity index is 2.38. The van der Waals surface area contributed by atoms with Crippen LogP contribution in [0.4, 0.5) is 0 Å². The molecule has 20 heavy (non-hydrogen) atoms. The summed E-state index contributed by atoms with van der Waals surface area (Å²) in [5.74, 6) is 0. The first-order valence-electron chi connectivity index (χ1n) is 7.40. The molecule has 0 saturated heterocycles.